The van der Waals surface area contributed by atoms with E-state index >= 15 is 0 Å². The number of carbonyl (C=O) groups is 2. The molecule has 1 atom stereocenters. The van der Waals surface area contributed by atoms with Crippen LogP contribution in [-0.4, -0.2) is 55.3 Å². The molecule has 1 aliphatic rings. The lowest BCUT2D eigenvalue weighted by Crippen LogP contribution is -2.62. The summed E-state index contributed by atoms with van der Waals surface area (Å²) >= 11 is 0. The number of rotatable bonds is 4. The average molecular weight is 304 g/mol. The Morgan fingerprint density at radius 2 is 1.85 bits per heavy atom. The maximum atomic E-state index is 12.3. The first-order chi connectivity index (χ1) is 8.95. The molecule has 116 valence electrons. The van der Waals surface area contributed by atoms with Crippen LogP contribution >= 0.6 is 0 Å². The first-order valence-corrected chi connectivity index (χ1v) is 8.46. The van der Waals surface area contributed by atoms with Gasteiger partial charge in [0.2, 0.25) is 11.8 Å². The van der Waals surface area contributed by atoms with Gasteiger partial charge in [0, 0.05) is 6.54 Å². The van der Waals surface area contributed by atoms with Crippen molar-refractivity contribution in [2.45, 2.75) is 45.9 Å². The van der Waals surface area contributed by atoms with Crippen LogP contribution < -0.4 is 5.32 Å². The Balaban J connectivity index is 2.80. The highest BCUT2D eigenvalue weighted by atomic mass is 32.2. The van der Waals surface area contributed by atoms with Crippen molar-refractivity contribution in [2.24, 2.45) is 5.41 Å². The fourth-order valence-electron chi connectivity index (χ4n) is 1.95. The van der Waals surface area contributed by atoms with Crippen LogP contribution in [0.5, 0.6) is 0 Å². The van der Waals surface area contributed by atoms with E-state index in [2.05, 4.69) is 5.32 Å². The zero-order valence-electron chi connectivity index (χ0n) is 12.8. The van der Waals surface area contributed by atoms with E-state index in [-0.39, 0.29) is 30.7 Å². The molecule has 2 amide bonds. The highest BCUT2D eigenvalue weighted by Gasteiger charge is 2.40. The Bertz CT molecular complexity index is 491. The van der Waals surface area contributed by atoms with Crippen LogP contribution in [0.4, 0.5) is 0 Å². The lowest BCUT2D eigenvalue weighted by Gasteiger charge is -2.38. The molecule has 0 aromatic carbocycles. The molecule has 1 aliphatic heterocycles. The lowest BCUT2D eigenvalue weighted by atomic mass is 9.85. The number of hydrogen-bond donors (Lipinski definition) is 1. The monoisotopic (exact) mass is 304 g/mol. The predicted octanol–water partition coefficient (Wildman–Crippen LogP) is 0.183. The molecular weight excluding hydrogens is 280 g/mol. The van der Waals surface area contributed by atoms with Gasteiger partial charge in [0.15, 0.2) is 9.84 Å². The van der Waals surface area contributed by atoms with Crippen LogP contribution in [0.2, 0.25) is 0 Å². The van der Waals surface area contributed by atoms with Gasteiger partial charge in [-0.05, 0) is 19.3 Å². The third-order valence-electron chi connectivity index (χ3n) is 3.43. The van der Waals surface area contributed by atoms with Crippen molar-refractivity contribution >= 4 is 21.7 Å². The van der Waals surface area contributed by atoms with Crippen LogP contribution in [0.3, 0.4) is 0 Å². The summed E-state index contributed by atoms with van der Waals surface area (Å²) in [5.41, 5.74) is -0.400. The molecule has 1 rings (SSSR count). The molecule has 0 aromatic heterocycles. The fourth-order valence-corrected chi connectivity index (χ4v) is 2.90. The molecule has 1 fully saturated rings. The summed E-state index contributed by atoms with van der Waals surface area (Å²) in [6.45, 7) is 8.81. The molecule has 1 heterocycles. The first kappa shape index (κ1) is 16.9. The summed E-state index contributed by atoms with van der Waals surface area (Å²) in [5.74, 6) is -0.567. The smallest absolute Gasteiger partial charge is 0.246 e. The predicted molar refractivity (Wildman–Crippen MR) is 76.9 cm³/mol. The molecule has 0 aromatic rings. The third kappa shape index (κ3) is 3.94. The standard InChI is InChI=1S/C13H24N2O4S/c1-9(2)20(18,19)7-6-15-8-10(16)14-11(12(15)17)13(3,4)5/h9,11H,6-8H2,1-5H3,(H,14,16). The second-order valence-corrected chi connectivity index (χ2v) is 9.22. The molecule has 7 heteroatoms. The van der Waals surface area contributed by atoms with Gasteiger partial charge in [0.05, 0.1) is 17.5 Å². The minimum atomic E-state index is -3.22. The Hall–Kier alpha value is -1.11. The molecule has 0 bridgehead atoms. The lowest BCUT2D eigenvalue weighted by molar-refractivity contribution is -0.147. The second kappa shape index (κ2) is 5.71. The molecule has 0 radical (unpaired) electrons. The van der Waals surface area contributed by atoms with Crippen LogP contribution in [-0.2, 0) is 19.4 Å². The van der Waals surface area contributed by atoms with Crippen molar-refractivity contribution < 1.29 is 18.0 Å². The summed E-state index contributed by atoms with van der Waals surface area (Å²) in [6.07, 6.45) is 0. The van der Waals surface area contributed by atoms with Crippen molar-refractivity contribution in [3.05, 3.63) is 0 Å². The summed E-state index contributed by atoms with van der Waals surface area (Å²) in [5, 5.41) is 2.20. The van der Waals surface area contributed by atoms with E-state index in [9.17, 15) is 18.0 Å². The van der Waals surface area contributed by atoms with Crippen LogP contribution in [0.15, 0.2) is 0 Å². The summed E-state index contributed by atoms with van der Waals surface area (Å²) in [7, 11) is -3.22. The second-order valence-electron chi connectivity index (χ2n) is 6.54. The van der Waals surface area contributed by atoms with Gasteiger partial charge in [-0.3, -0.25) is 9.59 Å². The number of hydrogen-bond acceptors (Lipinski definition) is 4. The van der Waals surface area contributed by atoms with Gasteiger partial charge >= 0.3 is 0 Å². The van der Waals surface area contributed by atoms with Crippen molar-refractivity contribution in [1.82, 2.24) is 10.2 Å². The van der Waals surface area contributed by atoms with Crippen molar-refractivity contribution in [3.63, 3.8) is 0 Å². The van der Waals surface area contributed by atoms with Crippen LogP contribution in [0.1, 0.15) is 34.6 Å². The molecule has 0 saturated carbocycles. The minimum absolute atomic E-state index is 0.0688. The summed E-state index contributed by atoms with van der Waals surface area (Å²) < 4.78 is 23.6. The van der Waals surface area contributed by atoms with Crippen molar-refractivity contribution in [1.29, 1.82) is 0 Å². The Labute approximate surface area is 120 Å². The van der Waals surface area contributed by atoms with E-state index in [1.807, 2.05) is 20.8 Å². The number of nitrogens with zero attached hydrogens (tertiary/aromatic N) is 1. The van der Waals surface area contributed by atoms with Crippen molar-refractivity contribution in [3.8, 4) is 0 Å². The highest BCUT2D eigenvalue weighted by molar-refractivity contribution is 7.92. The SMILES string of the molecule is CC(C)S(=O)(=O)CCN1CC(=O)NC(C(C)(C)C)C1=O. The maximum Gasteiger partial charge on any atom is 0.246 e. The third-order valence-corrected chi connectivity index (χ3v) is 5.62. The fraction of sp³-hybridized carbons (Fsp3) is 0.846. The van der Waals surface area contributed by atoms with E-state index in [0.29, 0.717) is 0 Å². The van der Waals surface area contributed by atoms with Gasteiger partial charge in [0.25, 0.3) is 0 Å². The van der Waals surface area contributed by atoms with E-state index < -0.39 is 26.5 Å². The normalized spacial score (nSPS) is 21.3. The molecule has 0 aliphatic carbocycles. The zero-order chi connectivity index (χ0) is 15.7. The highest BCUT2D eigenvalue weighted by Crippen LogP contribution is 2.23. The minimum Gasteiger partial charge on any atom is -0.342 e. The summed E-state index contributed by atoms with van der Waals surface area (Å²) in [6, 6.07) is -0.606. The molecule has 1 N–H and O–H groups in total. The molecule has 1 unspecified atom stereocenters. The van der Waals surface area contributed by atoms with Gasteiger partial charge in [0.1, 0.15) is 6.04 Å². The van der Waals surface area contributed by atoms with E-state index in [1.54, 1.807) is 13.8 Å². The van der Waals surface area contributed by atoms with E-state index in [0.717, 1.165) is 0 Å². The van der Waals surface area contributed by atoms with Crippen LogP contribution in [0.25, 0.3) is 0 Å². The number of carbonyl (C=O) groups excluding carboxylic acids is 2. The van der Waals surface area contributed by atoms with E-state index in [1.165, 1.54) is 4.90 Å². The van der Waals surface area contributed by atoms with Gasteiger partial charge in [-0.2, -0.15) is 0 Å². The van der Waals surface area contributed by atoms with Gasteiger partial charge in [-0.25, -0.2) is 8.42 Å². The Kier molecular flexibility index (Phi) is 4.84. The average Bonchev–Trinajstić information content (AvgIpc) is 2.28. The Morgan fingerprint density at radius 3 is 2.30 bits per heavy atom. The van der Waals surface area contributed by atoms with E-state index in [4.69, 9.17) is 0 Å². The number of piperazine rings is 1. The largest absolute Gasteiger partial charge is 0.342 e. The summed E-state index contributed by atoms with van der Waals surface area (Å²) in [4.78, 5) is 25.3. The van der Waals surface area contributed by atoms with Crippen LogP contribution in [0, 0.1) is 5.41 Å². The maximum absolute atomic E-state index is 12.3. The molecule has 6 nitrogen and oxygen atoms in total. The first-order valence-electron chi connectivity index (χ1n) is 6.75. The number of sulfone groups is 1. The molecule has 0 spiro atoms. The quantitative estimate of drug-likeness (QED) is 0.803. The molecule has 1 saturated heterocycles. The van der Waals surface area contributed by atoms with Gasteiger partial charge < -0.3 is 10.2 Å². The van der Waals surface area contributed by atoms with Gasteiger partial charge in [-0.15, -0.1) is 0 Å². The topological polar surface area (TPSA) is 83.6 Å². The molecule has 20 heavy (non-hydrogen) atoms. The number of amides is 2. The van der Waals surface area contributed by atoms with Gasteiger partial charge in [-0.1, -0.05) is 20.8 Å². The Morgan fingerprint density at radius 1 is 1.30 bits per heavy atom. The van der Waals surface area contributed by atoms with Crippen molar-refractivity contribution in [2.75, 3.05) is 18.8 Å². The zero-order valence-corrected chi connectivity index (χ0v) is 13.6. The number of nitrogens with one attached hydrogen (secondary N) is 1. The molecular formula is C13H24N2O4S.